The van der Waals surface area contributed by atoms with Gasteiger partial charge in [-0.05, 0) is 25.0 Å². The molecule has 0 aliphatic rings. The molecule has 0 aliphatic heterocycles. The van der Waals surface area contributed by atoms with Crippen LogP contribution in [0.2, 0.25) is 0 Å². The molecule has 2 N–H and O–H groups in total. The van der Waals surface area contributed by atoms with Crippen LogP contribution in [-0.4, -0.2) is 23.4 Å². The van der Waals surface area contributed by atoms with E-state index in [1.54, 1.807) is 12.2 Å². The summed E-state index contributed by atoms with van der Waals surface area (Å²) in [6, 6.07) is 0. The van der Waals surface area contributed by atoms with Gasteiger partial charge in [-0.25, -0.2) is 0 Å². The van der Waals surface area contributed by atoms with E-state index in [0.29, 0.717) is 5.76 Å². The van der Waals surface area contributed by atoms with Gasteiger partial charge >= 0.3 is 0 Å². The third-order valence-electron chi connectivity index (χ3n) is 1.39. The highest BCUT2D eigenvalue weighted by Gasteiger charge is 2.02. The van der Waals surface area contributed by atoms with Gasteiger partial charge < -0.3 is 14.9 Å². The Balaban J connectivity index is 4.24. The van der Waals surface area contributed by atoms with Crippen LogP contribution in [-0.2, 0) is 4.74 Å². The SMILES string of the molecule is CCC=C(O)C(=CCC)OCCO. The van der Waals surface area contributed by atoms with Crippen molar-refractivity contribution in [2.75, 3.05) is 13.2 Å². The Hall–Kier alpha value is -0.960. The number of aliphatic hydroxyl groups excluding tert-OH is 2. The Kier molecular flexibility index (Phi) is 7.11. The third kappa shape index (κ3) is 5.31. The summed E-state index contributed by atoms with van der Waals surface area (Å²) in [7, 11) is 0. The van der Waals surface area contributed by atoms with E-state index >= 15 is 0 Å². The Morgan fingerprint density at radius 1 is 1.23 bits per heavy atom. The zero-order valence-electron chi connectivity index (χ0n) is 8.29. The zero-order valence-corrected chi connectivity index (χ0v) is 8.29. The van der Waals surface area contributed by atoms with E-state index in [0.717, 1.165) is 12.8 Å². The van der Waals surface area contributed by atoms with E-state index in [4.69, 9.17) is 9.84 Å². The Morgan fingerprint density at radius 3 is 2.31 bits per heavy atom. The summed E-state index contributed by atoms with van der Waals surface area (Å²) in [5, 5.41) is 18.0. The first-order valence-electron chi connectivity index (χ1n) is 4.59. The molecule has 0 aromatic heterocycles. The van der Waals surface area contributed by atoms with Crippen molar-refractivity contribution in [3.8, 4) is 0 Å². The van der Waals surface area contributed by atoms with Crippen LogP contribution in [0.15, 0.2) is 23.7 Å². The van der Waals surface area contributed by atoms with Crippen molar-refractivity contribution in [2.24, 2.45) is 0 Å². The van der Waals surface area contributed by atoms with Gasteiger partial charge in [0.1, 0.15) is 6.61 Å². The average molecular weight is 186 g/mol. The minimum Gasteiger partial charge on any atom is -0.504 e. The molecule has 0 bridgehead atoms. The van der Waals surface area contributed by atoms with Crippen molar-refractivity contribution >= 4 is 0 Å². The smallest absolute Gasteiger partial charge is 0.156 e. The second-order valence-corrected chi connectivity index (χ2v) is 2.55. The summed E-state index contributed by atoms with van der Waals surface area (Å²) >= 11 is 0. The molecular formula is C10H18O3. The van der Waals surface area contributed by atoms with Crippen LogP contribution in [0.4, 0.5) is 0 Å². The fourth-order valence-corrected chi connectivity index (χ4v) is 0.872. The molecule has 0 aliphatic carbocycles. The monoisotopic (exact) mass is 186 g/mol. The maximum atomic E-state index is 9.45. The molecule has 3 nitrogen and oxygen atoms in total. The minimum absolute atomic E-state index is 0.0412. The van der Waals surface area contributed by atoms with Crippen LogP contribution in [0.3, 0.4) is 0 Å². The molecule has 0 saturated heterocycles. The molecule has 0 saturated carbocycles. The largest absolute Gasteiger partial charge is 0.504 e. The van der Waals surface area contributed by atoms with Crippen molar-refractivity contribution in [3.63, 3.8) is 0 Å². The number of aliphatic hydroxyl groups is 2. The fraction of sp³-hybridized carbons (Fsp3) is 0.600. The maximum absolute atomic E-state index is 9.45. The molecule has 3 heteroatoms. The lowest BCUT2D eigenvalue weighted by atomic mass is 10.3. The van der Waals surface area contributed by atoms with Gasteiger partial charge in [-0.3, -0.25) is 0 Å². The normalized spacial score (nSPS) is 13.2. The molecular weight excluding hydrogens is 168 g/mol. The Labute approximate surface area is 79.3 Å². The first-order chi connectivity index (χ1) is 6.26. The van der Waals surface area contributed by atoms with Crippen LogP contribution in [0.25, 0.3) is 0 Å². The summed E-state index contributed by atoms with van der Waals surface area (Å²) in [4.78, 5) is 0. The molecule has 0 atom stereocenters. The van der Waals surface area contributed by atoms with E-state index in [1.165, 1.54) is 0 Å². The molecule has 0 fully saturated rings. The predicted octanol–water partition coefficient (Wildman–Crippen LogP) is 2.14. The second kappa shape index (κ2) is 7.68. The summed E-state index contributed by atoms with van der Waals surface area (Å²) in [5.74, 6) is 0.608. The predicted molar refractivity (Wildman–Crippen MR) is 52.4 cm³/mol. The number of hydrogen-bond donors (Lipinski definition) is 2. The van der Waals surface area contributed by atoms with E-state index in [-0.39, 0.29) is 19.0 Å². The molecule has 0 rings (SSSR count). The molecule has 0 amide bonds. The first kappa shape index (κ1) is 12.0. The highest BCUT2D eigenvalue weighted by Crippen LogP contribution is 2.10. The number of ether oxygens (including phenoxy) is 1. The van der Waals surface area contributed by atoms with Crippen LogP contribution in [0, 0.1) is 0 Å². The van der Waals surface area contributed by atoms with E-state index in [1.807, 2.05) is 13.8 Å². The van der Waals surface area contributed by atoms with Crippen molar-refractivity contribution in [3.05, 3.63) is 23.7 Å². The van der Waals surface area contributed by atoms with Gasteiger partial charge in [0.25, 0.3) is 0 Å². The zero-order chi connectivity index (χ0) is 10.1. The van der Waals surface area contributed by atoms with Crippen molar-refractivity contribution in [2.45, 2.75) is 26.7 Å². The lowest BCUT2D eigenvalue weighted by molar-refractivity contribution is 0.136. The molecule has 13 heavy (non-hydrogen) atoms. The van der Waals surface area contributed by atoms with Gasteiger partial charge in [0, 0.05) is 0 Å². The van der Waals surface area contributed by atoms with E-state index in [2.05, 4.69) is 0 Å². The standard InChI is InChI=1S/C10H18O3/c1-3-5-9(12)10(6-4-2)13-8-7-11/h5-6,11-12H,3-4,7-8H2,1-2H3. The second-order valence-electron chi connectivity index (χ2n) is 2.55. The van der Waals surface area contributed by atoms with E-state index < -0.39 is 0 Å². The first-order valence-corrected chi connectivity index (χ1v) is 4.59. The quantitative estimate of drug-likeness (QED) is 0.493. The summed E-state index contributed by atoms with van der Waals surface area (Å²) in [6.07, 6.45) is 5.02. The molecule has 0 spiro atoms. The van der Waals surface area contributed by atoms with E-state index in [9.17, 15) is 5.11 Å². The molecule has 0 aromatic rings. The number of hydrogen-bond acceptors (Lipinski definition) is 3. The topological polar surface area (TPSA) is 49.7 Å². The lowest BCUT2D eigenvalue weighted by Crippen LogP contribution is -2.01. The molecule has 0 radical (unpaired) electrons. The van der Waals surface area contributed by atoms with Gasteiger partial charge in [0.05, 0.1) is 6.61 Å². The molecule has 0 aromatic carbocycles. The number of rotatable bonds is 6. The van der Waals surface area contributed by atoms with Crippen molar-refractivity contribution < 1.29 is 14.9 Å². The fourth-order valence-electron chi connectivity index (χ4n) is 0.872. The summed E-state index contributed by atoms with van der Waals surface area (Å²) < 4.78 is 5.14. The van der Waals surface area contributed by atoms with Gasteiger partial charge in [-0.1, -0.05) is 13.8 Å². The van der Waals surface area contributed by atoms with Gasteiger partial charge in [0.2, 0.25) is 0 Å². The Bertz CT molecular complexity index is 183. The van der Waals surface area contributed by atoms with Gasteiger partial charge in [-0.15, -0.1) is 0 Å². The highest BCUT2D eigenvalue weighted by atomic mass is 16.5. The maximum Gasteiger partial charge on any atom is 0.156 e. The van der Waals surface area contributed by atoms with Gasteiger partial charge in [0.15, 0.2) is 11.5 Å². The summed E-state index contributed by atoms with van der Waals surface area (Å²) in [6.45, 7) is 4.07. The average Bonchev–Trinajstić information content (AvgIpc) is 2.12. The number of allylic oxidation sites excluding steroid dienone is 2. The Morgan fingerprint density at radius 2 is 1.85 bits per heavy atom. The van der Waals surface area contributed by atoms with Crippen molar-refractivity contribution in [1.82, 2.24) is 0 Å². The highest BCUT2D eigenvalue weighted by molar-refractivity contribution is 5.18. The summed E-state index contributed by atoms with van der Waals surface area (Å²) in [5.41, 5.74) is 0. The van der Waals surface area contributed by atoms with Crippen LogP contribution in [0.5, 0.6) is 0 Å². The molecule has 76 valence electrons. The van der Waals surface area contributed by atoms with Crippen molar-refractivity contribution in [1.29, 1.82) is 0 Å². The third-order valence-corrected chi connectivity index (χ3v) is 1.39. The molecule has 0 unspecified atom stereocenters. The molecule has 0 heterocycles. The lowest BCUT2D eigenvalue weighted by Gasteiger charge is -2.08. The van der Waals surface area contributed by atoms with Crippen LogP contribution >= 0.6 is 0 Å². The van der Waals surface area contributed by atoms with Crippen LogP contribution in [0.1, 0.15) is 26.7 Å². The van der Waals surface area contributed by atoms with Gasteiger partial charge in [-0.2, -0.15) is 0 Å². The van der Waals surface area contributed by atoms with Crippen LogP contribution < -0.4 is 0 Å². The minimum atomic E-state index is -0.0412.